The van der Waals surface area contributed by atoms with Crippen molar-refractivity contribution in [2.75, 3.05) is 7.11 Å². The van der Waals surface area contributed by atoms with E-state index >= 15 is 0 Å². The van der Waals surface area contributed by atoms with E-state index in [1.165, 1.54) is 19.2 Å². The minimum absolute atomic E-state index is 0.111. The zero-order valence-corrected chi connectivity index (χ0v) is 14.7. The smallest absolute Gasteiger partial charge is 0.252 e. The molecule has 0 radical (unpaired) electrons. The summed E-state index contributed by atoms with van der Waals surface area (Å²) in [6.45, 7) is 2.01. The summed E-state index contributed by atoms with van der Waals surface area (Å²) in [6.07, 6.45) is 0. The summed E-state index contributed by atoms with van der Waals surface area (Å²) in [4.78, 5) is 12.7. The van der Waals surface area contributed by atoms with Crippen LogP contribution in [0.15, 0.2) is 72.8 Å². The van der Waals surface area contributed by atoms with Gasteiger partial charge in [0, 0.05) is 5.56 Å². The van der Waals surface area contributed by atoms with E-state index in [1.54, 1.807) is 6.07 Å². The first-order valence-electron chi connectivity index (χ1n) is 8.34. The fourth-order valence-electron chi connectivity index (χ4n) is 2.79. The number of nitrogens with one attached hydrogen (secondary N) is 1. The number of carbonyl (C=O) groups excluding carboxylic acids is 1. The second-order valence-corrected chi connectivity index (χ2v) is 6.08. The molecule has 0 saturated heterocycles. The lowest BCUT2D eigenvalue weighted by Crippen LogP contribution is -2.29. The van der Waals surface area contributed by atoms with Crippen LogP contribution in [0.4, 0.5) is 4.39 Å². The van der Waals surface area contributed by atoms with E-state index in [0.717, 1.165) is 16.7 Å². The van der Waals surface area contributed by atoms with Crippen LogP contribution in [0.1, 0.15) is 33.1 Å². The topological polar surface area (TPSA) is 38.3 Å². The van der Waals surface area contributed by atoms with E-state index in [-0.39, 0.29) is 23.3 Å². The van der Waals surface area contributed by atoms with Crippen molar-refractivity contribution in [3.8, 4) is 5.75 Å². The zero-order chi connectivity index (χ0) is 18.5. The Labute approximate surface area is 152 Å². The van der Waals surface area contributed by atoms with Crippen LogP contribution in [-0.2, 0) is 0 Å². The number of hydrogen-bond acceptors (Lipinski definition) is 2. The maximum Gasteiger partial charge on any atom is 0.252 e. The van der Waals surface area contributed by atoms with Gasteiger partial charge in [0.1, 0.15) is 0 Å². The third-order valence-corrected chi connectivity index (χ3v) is 4.23. The average molecular weight is 349 g/mol. The quantitative estimate of drug-likeness (QED) is 0.727. The van der Waals surface area contributed by atoms with Crippen LogP contribution in [0.5, 0.6) is 5.75 Å². The van der Waals surface area contributed by atoms with Gasteiger partial charge in [0.2, 0.25) is 0 Å². The van der Waals surface area contributed by atoms with E-state index in [0.29, 0.717) is 0 Å². The molecule has 1 atom stereocenters. The number of halogens is 1. The fraction of sp³-hybridized carbons (Fsp3) is 0.136. The van der Waals surface area contributed by atoms with Gasteiger partial charge in [0.15, 0.2) is 11.6 Å². The Kier molecular flexibility index (Phi) is 5.32. The summed E-state index contributed by atoms with van der Waals surface area (Å²) < 4.78 is 18.8. The van der Waals surface area contributed by atoms with Gasteiger partial charge in [-0.1, -0.05) is 60.2 Å². The predicted molar refractivity (Wildman–Crippen MR) is 99.9 cm³/mol. The van der Waals surface area contributed by atoms with Crippen molar-refractivity contribution in [2.24, 2.45) is 0 Å². The van der Waals surface area contributed by atoms with Crippen LogP contribution >= 0.6 is 0 Å². The van der Waals surface area contributed by atoms with Crippen LogP contribution in [0.25, 0.3) is 0 Å². The Morgan fingerprint density at radius 3 is 2.23 bits per heavy atom. The van der Waals surface area contributed by atoms with Crippen molar-refractivity contribution in [1.29, 1.82) is 0 Å². The van der Waals surface area contributed by atoms with Gasteiger partial charge >= 0.3 is 0 Å². The molecule has 1 amide bonds. The number of rotatable bonds is 5. The Balaban J connectivity index is 1.91. The maximum absolute atomic E-state index is 13.9. The van der Waals surface area contributed by atoms with Gasteiger partial charge in [-0.2, -0.15) is 0 Å². The molecule has 1 N–H and O–H groups in total. The summed E-state index contributed by atoms with van der Waals surface area (Å²) >= 11 is 0. The molecule has 26 heavy (non-hydrogen) atoms. The lowest BCUT2D eigenvalue weighted by molar-refractivity contribution is 0.0942. The number of aryl methyl sites for hydroxylation is 1. The first-order chi connectivity index (χ1) is 12.6. The molecule has 3 nitrogen and oxygen atoms in total. The largest absolute Gasteiger partial charge is 0.494 e. The summed E-state index contributed by atoms with van der Waals surface area (Å²) in [6, 6.07) is 21.5. The molecule has 0 aliphatic carbocycles. The number of methoxy groups -OCH3 is 1. The first kappa shape index (κ1) is 17.7. The third-order valence-electron chi connectivity index (χ3n) is 4.23. The van der Waals surface area contributed by atoms with Gasteiger partial charge in [-0.05, 0) is 36.2 Å². The molecule has 0 unspecified atom stereocenters. The molecule has 4 heteroatoms. The number of amides is 1. The molecule has 0 saturated carbocycles. The van der Waals surface area contributed by atoms with Crippen molar-refractivity contribution < 1.29 is 13.9 Å². The van der Waals surface area contributed by atoms with Gasteiger partial charge in [-0.25, -0.2) is 4.39 Å². The fourth-order valence-corrected chi connectivity index (χ4v) is 2.79. The molecule has 0 heterocycles. The molecular weight excluding hydrogens is 329 g/mol. The van der Waals surface area contributed by atoms with Crippen LogP contribution in [0.2, 0.25) is 0 Å². The number of hydrogen-bond donors (Lipinski definition) is 1. The van der Waals surface area contributed by atoms with E-state index in [9.17, 15) is 9.18 Å². The number of benzene rings is 3. The average Bonchev–Trinajstić information content (AvgIpc) is 2.67. The molecule has 132 valence electrons. The van der Waals surface area contributed by atoms with Crippen molar-refractivity contribution in [3.63, 3.8) is 0 Å². The number of ether oxygens (including phenoxy) is 1. The molecule has 3 aromatic rings. The Morgan fingerprint density at radius 2 is 1.62 bits per heavy atom. The highest BCUT2D eigenvalue weighted by Gasteiger charge is 2.18. The molecule has 3 aromatic carbocycles. The van der Waals surface area contributed by atoms with E-state index in [1.807, 2.05) is 61.5 Å². The number of carbonyl (C=O) groups is 1. The Morgan fingerprint density at radius 1 is 0.962 bits per heavy atom. The van der Waals surface area contributed by atoms with Crippen molar-refractivity contribution in [2.45, 2.75) is 13.0 Å². The van der Waals surface area contributed by atoms with Crippen LogP contribution < -0.4 is 10.1 Å². The maximum atomic E-state index is 13.9. The summed E-state index contributed by atoms with van der Waals surface area (Å²) in [7, 11) is 1.39. The highest BCUT2D eigenvalue weighted by atomic mass is 19.1. The second-order valence-electron chi connectivity index (χ2n) is 6.08. The molecule has 0 bridgehead atoms. The summed E-state index contributed by atoms with van der Waals surface area (Å²) in [5.41, 5.74) is 3.31. The van der Waals surface area contributed by atoms with Gasteiger partial charge in [0.25, 0.3) is 5.91 Å². The first-order valence-corrected chi connectivity index (χ1v) is 8.34. The Bertz CT molecular complexity index is 892. The minimum Gasteiger partial charge on any atom is -0.494 e. The molecule has 0 spiro atoms. The van der Waals surface area contributed by atoms with E-state index in [4.69, 9.17) is 4.74 Å². The van der Waals surface area contributed by atoms with Crippen LogP contribution in [-0.4, -0.2) is 13.0 Å². The SMILES string of the molecule is COc1ccc(C(=O)N[C@@H](c2ccccc2)c2ccc(C)cc2)cc1F. The lowest BCUT2D eigenvalue weighted by atomic mass is 9.97. The molecule has 0 fully saturated rings. The van der Waals surface area contributed by atoms with Crippen LogP contribution in [0, 0.1) is 12.7 Å². The van der Waals surface area contributed by atoms with Crippen LogP contribution in [0.3, 0.4) is 0 Å². The molecule has 0 aromatic heterocycles. The van der Waals surface area contributed by atoms with E-state index < -0.39 is 5.82 Å². The minimum atomic E-state index is -0.563. The van der Waals surface area contributed by atoms with Gasteiger partial charge in [-0.3, -0.25) is 4.79 Å². The predicted octanol–water partition coefficient (Wildman–Crippen LogP) is 4.66. The van der Waals surface area contributed by atoms with E-state index in [2.05, 4.69) is 5.32 Å². The summed E-state index contributed by atoms with van der Waals surface area (Å²) in [5.74, 6) is -0.799. The normalized spacial score (nSPS) is 11.7. The monoisotopic (exact) mass is 349 g/mol. The molecular formula is C22H20FNO2. The third kappa shape index (κ3) is 3.91. The molecule has 0 aliphatic rings. The van der Waals surface area contributed by atoms with Crippen molar-refractivity contribution in [3.05, 3.63) is 101 Å². The lowest BCUT2D eigenvalue weighted by Gasteiger charge is -2.20. The highest BCUT2D eigenvalue weighted by Crippen LogP contribution is 2.24. The molecule has 0 aliphatic heterocycles. The van der Waals surface area contributed by atoms with Gasteiger partial charge in [0.05, 0.1) is 13.2 Å². The standard InChI is InChI=1S/C22H20FNO2/c1-15-8-10-17(11-9-15)21(16-6-4-3-5-7-16)24-22(25)18-12-13-20(26-2)19(23)14-18/h3-14,21H,1-2H3,(H,24,25)/t21-/m0/s1. The second kappa shape index (κ2) is 7.83. The van der Waals surface area contributed by atoms with Gasteiger partial charge < -0.3 is 10.1 Å². The van der Waals surface area contributed by atoms with Gasteiger partial charge in [-0.15, -0.1) is 0 Å². The molecule has 3 rings (SSSR count). The highest BCUT2D eigenvalue weighted by molar-refractivity contribution is 5.94. The summed E-state index contributed by atoms with van der Waals surface area (Å²) in [5, 5.41) is 3.00. The Hall–Kier alpha value is -3.14. The zero-order valence-electron chi connectivity index (χ0n) is 14.7. The van der Waals surface area contributed by atoms with Crippen molar-refractivity contribution >= 4 is 5.91 Å². The van der Waals surface area contributed by atoms with Crippen molar-refractivity contribution in [1.82, 2.24) is 5.32 Å².